The second kappa shape index (κ2) is 6.74. The molecule has 1 aliphatic heterocycles. The van der Waals surface area contributed by atoms with Gasteiger partial charge in [0, 0.05) is 12.5 Å². The maximum atomic E-state index is 12.2. The highest BCUT2D eigenvalue weighted by atomic mass is 16.6. The van der Waals surface area contributed by atoms with Crippen molar-refractivity contribution < 1.29 is 14.3 Å². The van der Waals surface area contributed by atoms with Gasteiger partial charge < -0.3 is 4.74 Å². The lowest BCUT2D eigenvalue weighted by Crippen LogP contribution is -2.39. The van der Waals surface area contributed by atoms with E-state index in [-0.39, 0.29) is 24.5 Å². The lowest BCUT2D eigenvalue weighted by Gasteiger charge is -2.23. The standard InChI is InChI=1S/C17H23NO3/c1-12(2)9-15-10-16(19)18(13(15)3)17(20)21-11-14-7-5-4-6-8-14/h4-8,12-13,15H,9-11H2,1-3H3/t13-,15-/m0/s1. The van der Waals surface area contributed by atoms with Crippen LogP contribution in [0.4, 0.5) is 4.79 Å². The molecule has 21 heavy (non-hydrogen) atoms. The summed E-state index contributed by atoms with van der Waals surface area (Å²) in [6.45, 7) is 6.40. The van der Waals surface area contributed by atoms with Crippen LogP contribution in [0.2, 0.25) is 0 Å². The van der Waals surface area contributed by atoms with Gasteiger partial charge in [0.15, 0.2) is 0 Å². The molecule has 1 fully saturated rings. The van der Waals surface area contributed by atoms with Crippen LogP contribution in [-0.4, -0.2) is 22.9 Å². The number of benzene rings is 1. The molecule has 2 atom stereocenters. The summed E-state index contributed by atoms with van der Waals surface area (Å²) < 4.78 is 5.27. The van der Waals surface area contributed by atoms with Crippen molar-refractivity contribution in [3.63, 3.8) is 0 Å². The summed E-state index contributed by atoms with van der Waals surface area (Å²) in [5, 5.41) is 0. The Bertz CT molecular complexity index is 498. The molecule has 0 radical (unpaired) electrons. The average Bonchev–Trinajstić information content (AvgIpc) is 2.71. The van der Waals surface area contributed by atoms with Crippen LogP contribution < -0.4 is 0 Å². The lowest BCUT2D eigenvalue weighted by atomic mass is 9.91. The normalized spacial score (nSPS) is 21.9. The molecule has 1 aromatic carbocycles. The minimum absolute atomic E-state index is 0.0804. The van der Waals surface area contributed by atoms with E-state index in [0.717, 1.165) is 12.0 Å². The fourth-order valence-corrected chi connectivity index (χ4v) is 2.87. The van der Waals surface area contributed by atoms with Crippen LogP contribution in [0.1, 0.15) is 39.2 Å². The van der Waals surface area contributed by atoms with E-state index in [2.05, 4.69) is 13.8 Å². The fourth-order valence-electron chi connectivity index (χ4n) is 2.87. The van der Waals surface area contributed by atoms with Crippen molar-refractivity contribution in [2.45, 2.75) is 46.3 Å². The van der Waals surface area contributed by atoms with Crippen LogP contribution in [-0.2, 0) is 16.1 Å². The first-order valence-corrected chi connectivity index (χ1v) is 7.51. The van der Waals surface area contributed by atoms with Crippen LogP contribution in [0.3, 0.4) is 0 Å². The van der Waals surface area contributed by atoms with Gasteiger partial charge in [0.2, 0.25) is 5.91 Å². The number of hydrogen-bond acceptors (Lipinski definition) is 3. The summed E-state index contributed by atoms with van der Waals surface area (Å²) in [5.74, 6) is 0.638. The highest BCUT2D eigenvalue weighted by molar-refractivity contribution is 5.94. The SMILES string of the molecule is CC(C)C[C@H]1CC(=O)N(C(=O)OCc2ccccc2)[C@H]1C. The molecule has 114 valence electrons. The van der Waals surface area contributed by atoms with E-state index >= 15 is 0 Å². The van der Waals surface area contributed by atoms with Gasteiger partial charge in [-0.25, -0.2) is 9.69 Å². The first-order valence-electron chi connectivity index (χ1n) is 7.51. The van der Waals surface area contributed by atoms with Crippen molar-refractivity contribution in [1.29, 1.82) is 0 Å². The molecule has 0 unspecified atom stereocenters. The third-order valence-corrected chi connectivity index (χ3v) is 3.97. The Morgan fingerprint density at radius 2 is 2.00 bits per heavy atom. The molecule has 2 rings (SSSR count). The highest BCUT2D eigenvalue weighted by Crippen LogP contribution is 2.31. The zero-order valence-corrected chi connectivity index (χ0v) is 12.9. The van der Waals surface area contributed by atoms with Crippen LogP contribution in [0.5, 0.6) is 0 Å². The number of carbonyl (C=O) groups is 2. The van der Waals surface area contributed by atoms with E-state index in [1.165, 1.54) is 4.90 Å². The lowest BCUT2D eigenvalue weighted by molar-refractivity contribution is -0.127. The molecule has 1 aromatic rings. The van der Waals surface area contributed by atoms with Gasteiger partial charge in [-0.2, -0.15) is 0 Å². The number of amides is 2. The quantitative estimate of drug-likeness (QED) is 0.850. The number of carbonyl (C=O) groups excluding carboxylic acids is 2. The average molecular weight is 289 g/mol. The second-order valence-corrected chi connectivity index (χ2v) is 6.14. The molecule has 0 saturated carbocycles. The van der Waals surface area contributed by atoms with Gasteiger partial charge in [-0.15, -0.1) is 0 Å². The molecule has 0 bridgehead atoms. The Labute approximate surface area is 126 Å². The van der Waals surface area contributed by atoms with Gasteiger partial charge in [-0.05, 0) is 30.7 Å². The summed E-state index contributed by atoms with van der Waals surface area (Å²) >= 11 is 0. The van der Waals surface area contributed by atoms with Gasteiger partial charge >= 0.3 is 6.09 Å². The van der Waals surface area contributed by atoms with Gasteiger partial charge in [-0.1, -0.05) is 44.2 Å². The molecule has 2 amide bonds. The zero-order valence-electron chi connectivity index (χ0n) is 12.9. The smallest absolute Gasteiger partial charge is 0.417 e. The Hall–Kier alpha value is -1.84. The highest BCUT2D eigenvalue weighted by Gasteiger charge is 2.41. The predicted octanol–water partition coefficient (Wildman–Crippen LogP) is 3.61. The zero-order chi connectivity index (χ0) is 15.4. The van der Waals surface area contributed by atoms with Crippen LogP contribution in [0.15, 0.2) is 30.3 Å². The third kappa shape index (κ3) is 3.84. The van der Waals surface area contributed by atoms with Gasteiger partial charge in [0.25, 0.3) is 0 Å². The largest absolute Gasteiger partial charge is 0.444 e. The first-order chi connectivity index (χ1) is 9.99. The molecule has 0 aromatic heterocycles. The molecule has 0 N–H and O–H groups in total. The Balaban J connectivity index is 1.94. The minimum atomic E-state index is -0.525. The van der Waals surface area contributed by atoms with E-state index in [1.54, 1.807) is 0 Å². The minimum Gasteiger partial charge on any atom is -0.444 e. The van der Waals surface area contributed by atoms with Crippen LogP contribution in [0.25, 0.3) is 0 Å². The van der Waals surface area contributed by atoms with E-state index in [9.17, 15) is 9.59 Å². The third-order valence-electron chi connectivity index (χ3n) is 3.97. The maximum absolute atomic E-state index is 12.2. The Morgan fingerprint density at radius 3 is 2.62 bits per heavy atom. The monoisotopic (exact) mass is 289 g/mol. The van der Waals surface area contributed by atoms with Crippen LogP contribution >= 0.6 is 0 Å². The molecule has 4 nitrogen and oxygen atoms in total. The van der Waals surface area contributed by atoms with Gasteiger partial charge in [-0.3, -0.25) is 4.79 Å². The van der Waals surface area contributed by atoms with Crippen molar-refractivity contribution >= 4 is 12.0 Å². The van der Waals surface area contributed by atoms with Crippen molar-refractivity contribution in [3.8, 4) is 0 Å². The number of rotatable bonds is 4. The fraction of sp³-hybridized carbons (Fsp3) is 0.529. The summed E-state index contributed by atoms with van der Waals surface area (Å²) in [7, 11) is 0. The number of hydrogen-bond donors (Lipinski definition) is 0. The molecule has 1 heterocycles. The predicted molar refractivity (Wildman–Crippen MR) is 80.5 cm³/mol. The van der Waals surface area contributed by atoms with E-state index in [0.29, 0.717) is 12.3 Å². The number of nitrogens with zero attached hydrogens (tertiary/aromatic N) is 1. The molecular formula is C17H23NO3. The Kier molecular flexibility index (Phi) is 4.99. The summed E-state index contributed by atoms with van der Waals surface area (Å²) in [5.41, 5.74) is 0.920. The maximum Gasteiger partial charge on any atom is 0.417 e. The molecule has 1 aliphatic rings. The molecule has 1 saturated heterocycles. The molecular weight excluding hydrogens is 266 g/mol. The number of imide groups is 1. The van der Waals surface area contributed by atoms with Gasteiger partial charge in [0.05, 0.1) is 0 Å². The van der Waals surface area contributed by atoms with Gasteiger partial charge in [0.1, 0.15) is 6.61 Å². The summed E-state index contributed by atoms with van der Waals surface area (Å²) in [4.78, 5) is 25.5. The first kappa shape index (κ1) is 15.5. The number of ether oxygens (including phenoxy) is 1. The van der Waals surface area contributed by atoms with Crippen molar-refractivity contribution in [1.82, 2.24) is 4.90 Å². The summed E-state index contributed by atoms with van der Waals surface area (Å²) in [6.07, 6.45) is 0.873. The molecule has 4 heteroatoms. The summed E-state index contributed by atoms with van der Waals surface area (Å²) in [6, 6.07) is 9.40. The van der Waals surface area contributed by atoms with Crippen molar-refractivity contribution in [2.24, 2.45) is 11.8 Å². The van der Waals surface area contributed by atoms with E-state index in [4.69, 9.17) is 4.74 Å². The van der Waals surface area contributed by atoms with Crippen molar-refractivity contribution in [2.75, 3.05) is 0 Å². The van der Waals surface area contributed by atoms with Crippen molar-refractivity contribution in [3.05, 3.63) is 35.9 Å². The van der Waals surface area contributed by atoms with E-state index in [1.807, 2.05) is 37.3 Å². The number of likely N-dealkylation sites (tertiary alicyclic amines) is 1. The molecule has 0 aliphatic carbocycles. The van der Waals surface area contributed by atoms with Crippen LogP contribution in [0, 0.1) is 11.8 Å². The van der Waals surface area contributed by atoms with E-state index < -0.39 is 6.09 Å². The Morgan fingerprint density at radius 1 is 1.33 bits per heavy atom. The molecule has 0 spiro atoms. The topological polar surface area (TPSA) is 46.6 Å². The second-order valence-electron chi connectivity index (χ2n) is 6.14.